The number of benzene rings is 3. The van der Waals surface area contributed by atoms with Crippen molar-refractivity contribution >= 4 is 17.7 Å². The van der Waals surface area contributed by atoms with E-state index in [1.165, 1.54) is 12.1 Å². The molecule has 0 spiro atoms. The number of aryl methyl sites for hydroxylation is 1. The first-order valence-corrected chi connectivity index (χ1v) is 14.9. The van der Waals surface area contributed by atoms with Gasteiger partial charge in [-0.2, -0.15) is 0 Å². The molecule has 1 N–H and O–H groups in total. The molecule has 0 radical (unpaired) electrons. The Hall–Kier alpha value is -4.20. The lowest BCUT2D eigenvalue weighted by atomic mass is 9.74. The molecule has 5 rings (SSSR count). The van der Waals surface area contributed by atoms with Crippen LogP contribution in [-0.4, -0.2) is 27.9 Å². The van der Waals surface area contributed by atoms with Crippen LogP contribution in [0.15, 0.2) is 66.7 Å². The molecule has 0 bridgehead atoms. The van der Waals surface area contributed by atoms with Crippen molar-refractivity contribution in [2.45, 2.75) is 83.8 Å². The van der Waals surface area contributed by atoms with Crippen molar-refractivity contribution in [1.29, 1.82) is 0 Å². The third kappa shape index (κ3) is 6.81. The van der Waals surface area contributed by atoms with Crippen molar-refractivity contribution in [3.8, 4) is 5.75 Å². The summed E-state index contributed by atoms with van der Waals surface area (Å²) in [5, 5.41) is 14.1. The zero-order chi connectivity index (χ0) is 29.8. The van der Waals surface area contributed by atoms with Crippen molar-refractivity contribution < 1.29 is 19.2 Å². The molecule has 0 aliphatic heterocycles. The Labute approximate surface area is 247 Å². The van der Waals surface area contributed by atoms with E-state index >= 15 is 0 Å². The average molecular weight is 570 g/mol. The number of nitro benzene ring substituents is 1. The molecule has 220 valence electrons. The molecule has 0 unspecified atom stereocenters. The largest absolute Gasteiger partial charge is 0.415 e. The van der Waals surface area contributed by atoms with Crippen LogP contribution in [0.4, 0.5) is 10.5 Å². The van der Waals surface area contributed by atoms with Gasteiger partial charge in [-0.25, -0.2) is 4.79 Å². The summed E-state index contributed by atoms with van der Waals surface area (Å²) in [6, 6.07) is 20.4. The summed E-state index contributed by atoms with van der Waals surface area (Å²) in [7, 11) is 0. The Morgan fingerprint density at radius 1 is 0.976 bits per heavy atom. The number of nitrogens with zero attached hydrogens (tertiary/aromatic N) is 2. The van der Waals surface area contributed by atoms with Gasteiger partial charge in [0.25, 0.3) is 5.69 Å². The minimum absolute atomic E-state index is 0.0173. The molecule has 0 heterocycles. The van der Waals surface area contributed by atoms with Crippen LogP contribution in [0.1, 0.15) is 85.2 Å². The number of rotatable bonds is 9. The van der Waals surface area contributed by atoms with Crippen LogP contribution in [0.5, 0.6) is 5.75 Å². The van der Waals surface area contributed by atoms with Gasteiger partial charge in [0.2, 0.25) is 5.91 Å². The first-order valence-electron chi connectivity index (χ1n) is 14.9. The maximum absolute atomic E-state index is 13.4. The van der Waals surface area contributed by atoms with E-state index in [0.717, 1.165) is 66.3 Å². The van der Waals surface area contributed by atoms with Crippen LogP contribution in [0.2, 0.25) is 0 Å². The Kier molecular flexibility index (Phi) is 8.90. The molecule has 2 fully saturated rings. The Bertz CT molecular complexity index is 1430. The van der Waals surface area contributed by atoms with Crippen molar-refractivity contribution in [3.63, 3.8) is 0 Å². The highest BCUT2D eigenvalue weighted by Crippen LogP contribution is 2.39. The van der Waals surface area contributed by atoms with Gasteiger partial charge in [0.1, 0.15) is 5.75 Å². The monoisotopic (exact) mass is 569 g/mol. The second kappa shape index (κ2) is 12.8. The number of carbonyl (C=O) groups excluding carboxylic acids is 2. The summed E-state index contributed by atoms with van der Waals surface area (Å²) < 4.78 is 5.81. The molecule has 0 aromatic heterocycles. The molecule has 8 nitrogen and oxygen atoms in total. The van der Waals surface area contributed by atoms with E-state index in [9.17, 15) is 19.7 Å². The Morgan fingerprint density at radius 3 is 2.33 bits per heavy atom. The summed E-state index contributed by atoms with van der Waals surface area (Å²) >= 11 is 0. The summed E-state index contributed by atoms with van der Waals surface area (Å²) in [6.45, 7) is 6.36. The minimum Gasteiger partial charge on any atom is -0.410 e. The van der Waals surface area contributed by atoms with Crippen molar-refractivity contribution in [1.82, 2.24) is 10.2 Å². The SMILES string of the molecule is Cc1cccc(OC(=O)N(Cc2ccc([C@@H]3CCCC[C@@H]3C(=O)N[C@@H](C)c3ccc([N+](=O)[O-])cc3)cc2)C2CC2)c1C. The highest BCUT2D eigenvalue weighted by atomic mass is 16.6. The van der Waals surface area contributed by atoms with Crippen molar-refractivity contribution in [2.75, 3.05) is 0 Å². The number of hydrogen-bond donors (Lipinski definition) is 1. The predicted molar refractivity (Wildman–Crippen MR) is 161 cm³/mol. The van der Waals surface area contributed by atoms with Crippen LogP contribution in [0.3, 0.4) is 0 Å². The molecule has 3 aromatic carbocycles. The average Bonchev–Trinajstić information content (AvgIpc) is 3.84. The summed E-state index contributed by atoms with van der Waals surface area (Å²) in [4.78, 5) is 39.0. The zero-order valence-corrected chi connectivity index (χ0v) is 24.5. The number of carbonyl (C=O) groups is 2. The van der Waals surface area contributed by atoms with Gasteiger partial charge < -0.3 is 15.0 Å². The second-order valence-electron chi connectivity index (χ2n) is 11.7. The maximum atomic E-state index is 13.4. The number of ether oxygens (including phenoxy) is 1. The van der Waals surface area contributed by atoms with Crippen LogP contribution in [0.25, 0.3) is 0 Å². The van der Waals surface area contributed by atoms with E-state index in [1.54, 1.807) is 12.1 Å². The fourth-order valence-electron chi connectivity index (χ4n) is 5.92. The lowest BCUT2D eigenvalue weighted by Gasteiger charge is -2.32. The van der Waals surface area contributed by atoms with E-state index in [4.69, 9.17) is 4.74 Å². The molecule has 8 heteroatoms. The summed E-state index contributed by atoms with van der Waals surface area (Å²) in [5.74, 6) is 0.598. The normalized spacial score (nSPS) is 19.0. The van der Waals surface area contributed by atoms with Gasteiger partial charge in [-0.15, -0.1) is 0 Å². The van der Waals surface area contributed by atoms with E-state index in [1.807, 2.05) is 43.9 Å². The topological polar surface area (TPSA) is 102 Å². The zero-order valence-electron chi connectivity index (χ0n) is 24.5. The highest BCUT2D eigenvalue weighted by Gasteiger charge is 2.35. The van der Waals surface area contributed by atoms with E-state index in [0.29, 0.717) is 12.3 Å². The predicted octanol–water partition coefficient (Wildman–Crippen LogP) is 7.53. The molecular weight excluding hydrogens is 530 g/mol. The van der Waals surface area contributed by atoms with Gasteiger partial charge in [0.05, 0.1) is 11.0 Å². The van der Waals surface area contributed by atoms with Crippen LogP contribution >= 0.6 is 0 Å². The smallest absolute Gasteiger partial charge is 0.410 e. The molecule has 3 aromatic rings. The lowest BCUT2D eigenvalue weighted by Crippen LogP contribution is -2.37. The Morgan fingerprint density at radius 2 is 1.67 bits per heavy atom. The van der Waals surface area contributed by atoms with Gasteiger partial charge in [-0.05, 0) is 86.3 Å². The van der Waals surface area contributed by atoms with Crippen molar-refractivity contribution in [3.05, 3.63) is 105 Å². The standard InChI is InChI=1S/C34H39N3O5/c1-22-7-6-10-32(23(22)2)42-34(39)36(28-19-20-28)21-25-11-13-27(14-12-25)30-8-4-5-9-31(30)33(38)35-24(3)26-15-17-29(18-16-26)37(40)41/h6-7,10-18,24,28,30-31H,4-5,8-9,19-21H2,1-3H3,(H,35,38)/t24-,30-,31-/m0/s1. The first kappa shape index (κ1) is 29.3. The second-order valence-corrected chi connectivity index (χ2v) is 11.7. The summed E-state index contributed by atoms with van der Waals surface area (Å²) in [5.41, 5.74) is 5.10. The van der Waals surface area contributed by atoms with E-state index in [2.05, 4.69) is 29.6 Å². The molecular formula is C34H39N3O5. The fourth-order valence-corrected chi connectivity index (χ4v) is 5.92. The van der Waals surface area contributed by atoms with Gasteiger partial charge in [0, 0.05) is 30.6 Å². The fraction of sp³-hybridized carbons (Fsp3) is 0.412. The summed E-state index contributed by atoms with van der Waals surface area (Å²) in [6.07, 6.45) is 5.51. The number of amides is 2. The third-order valence-electron chi connectivity index (χ3n) is 8.80. The maximum Gasteiger partial charge on any atom is 0.415 e. The quantitative estimate of drug-likeness (QED) is 0.212. The highest BCUT2D eigenvalue weighted by molar-refractivity contribution is 5.80. The molecule has 2 amide bonds. The number of hydrogen-bond acceptors (Lipinski definition) is 5. The Balaban J connectivity index is 1.23. The molecule has 2 aliphatic carbocycles. The van der Waals surface area contributed by atoms with Crippen LogP contribution in [-0.2, 0) is 11.3 Å². The van der Waals surface area contributed by atoms with Gasteiger partial charge in [-0.1, -0.05) is 61.4 Å². The van der Waals surface area contributed by atoms with Crippen molar-refractivity contribution in [2.24, 2.45) is 5.92 Å². The van der Waals surface area contributed by atoms with E-state index < -0.39 is 4.92 Å². The lowest BCUT2D eigenvalue weighted by molar-refractivity contribution is -0.384. The third-order valence-corrected chi connectivity index (χ3v) is 8.80. The van der Waals surface area contributed by atoms with Gasteiger partial charge in [0.15, 0.2) is 0 Å². The number of nitrogens with one attached hydrogen (secondary N) is 1. The molecule has 42 heavy (non-hydrogen) atoms. The molecule has 2 aliphatic rings. The number of non-ortho nitro benzene ring substituents is 1. The van der Waals surface area contributed by atoms with E-state index in [-0.39, 0.29) is 41.6 Å². The number of nitro groups is 1. The van der Waals surface area contributed by atoms with Gasteiger partial charge >= 0.3 is 6.09 Å². The van der Waals surface area contributed by atoms with Gasteiger partial charge in [-0.3, -0.25) is 14.9 Å². The minimum atomic E-state index is -0.424. The first-order chi connectivity index (χ1) is 20.2. The molecule has 2 saturated carbocycles. The van der Waals surface area contributed by atoms with Crippen LogP contribution in [0, 0.1) is 29.9 Å². The van der Waals surface area contributed by atoms with Crippen LogP contribution < -0.4 is 10.1 Å². The molecule has 3 atom stereocenters. The molecule has 0 saturated heterocycles.